The zero-order chi connectivity index (χ0) is 22.4. The van der Waals surface area contributed by atoms with Crippen molar-refractivity contribution in [2.75, 3.05) is 45.8 Å². The van der Waals surface area contributed by atoms with Crippen LogP contribution in [0.1, 0.15) is 44.1 Å². The molecule has 0 aromatic heterocycles. The number of carbonyl (C=O) groups excluding carboxylic acids is 1. The Hall–Kier alpha value is -2.02. The summed E-state index contributed by atoms with van der Waals surface area (Å²) in [7, 11) is 0. The molecule has 1 unspecified atom stereocenters. The number of benzene rings is 1. The second-order valence-corrected chi connectivity index (χ2v) is 9.49. The molecular formula is C25H36N4O3. The van der Waals surface area contributed by atoms with Gasteiger partial charge in [0, 0.05) is 44.7 Å². The van der Waals surface area contributed by atoms with Crippen LogP contribution in [0.4, 0.5) is 0 Å². The van der Waals surface area contributed by atoms with Gasteiger partial charge in [-0.05, 0) is 57.3 Å². The molecule has 174 valence electrons. The van der Waals surface area contributed by atoms with Crippen molar-refractivity contribution in [3.05, 3.63) is 41.5 Å². The van der Waals surface area contributed by atoms with E-state index in [0.29, 0.717) is 6.17 Å². The van der Waals surface area contributed by atoms with Crippen LogP contribution >= 0.6 is 0 Å². The minimum absolute atomic E-state index is 0.115. The minimum Gasteiger partial charge on any atom is -0.477 e. The zero-order valence-corrected chi connectivity index (χ0v) is 19.0. The van der Waals surface area contributed by atoms with Crippen LogP contribution in [-0.2, 0) is 16.1 Å². The molecule has 3 fully saturated rings. The van der Waals surface area contributed by atoms with Crippen molar-refractivity contribution >= 4 is 11.9 Å². The molecule has 1 aromatic rings. The van der Waals surface area contributed by atoms with Gasteiger partial charge < -0.3 is 10.4 Å². The monoisotopic (exact) mass is 440 g/mol. The smallest absolute Gasteiger partial charge is 0.342 e. The number of carbonyl (C=O) groups is 1. The Bertz CT molecular complexity index is 810. The Labute approximate surface area is 191 Å². The molecular weight excluding hydrogens is 404 g/mol. The number of rotatable bonds is 7. The predicted octanol–water partition coefficient (Wildman–Crippen LogP) is 1.97. The van der Waals surface area contributed by atoms with Crippen LogP contribution in [0.3, 0.4) is 0 Å². The lowest BCUT2D eigenvalue weighted by molar-refractivity contribution is -0.133. The Kier molecular flexibility index (Phi) is 7.76. The number of hydrogen-bond acceptors (Lipinski definition) is 6. The molecule has 32 heavy (non-hydrogen) atoms. The minimum atomic E-state index is -1.13. The summed E-state index contributed by atoms with van der Waals surface area (Å²) >= 11 is 0. The van der Waals surface area contributed by atoms with E-state index >= 15 is 0 Å². The van der Waals surface area contributed by atoms with E-state index in [9.17, 15) is 14.7 Å². The summed E-state index contributed by atoms with van der Waals surface area (Å²) in [4.78, 5) is 30.6. The second kappa shape index (κ2) is 10.7. The maximum Gasteiger partial charge on any atom is 0.342 e. The van der Waals surface area contributed by atoms with Gasteiger partial charge in [0.15, 0.2) is 0 Å². The summed E-state index contributed by atoms with van der Waals surface area (Å²) in [6.07, 6.45) is 6.24. The molecule has 0 saturated carbocycles. The third kappa shape index (κ3) is 5.30. The van der Waals surface area contributed by atoms with Gasteiger partial charge in [-0.25, -0.2) is 9.59 Å². The third-order valence-electron chi connectivity index (χ3n) is 7.64. The number of carboxylic acid groups (broad SMARTS) is 1. The first-order valence-electron chi connectivity index (χ1n) is 12.1. The van der Waals surface area contributed by atoms with Gasteiger partial charge in [0.05, 0.1) is 6.17 Å². The van der Waals surface area contributed by atoms with Crippen LogP contribution in [0.5, 0.6) is 0 Å². The van der Waals surface area contributed by atoms with Gasteiger partial charge in [-0.1, -0.05) is 30.3 Å². The van der Waals surface area contributed by atoms with Gasteiger partial charge in [0.25, 0.3) is 0 Å². The molecule has 0 radical (unpaired) electrons. The van der Waals surface area contributed by atoms with E-state index in [2.05, 4.69) is 50.3 Å². The normalized spacial score (nSPS) is 25.2. The first-order valence-corrected chi connectivity index (χ1v) is 12.1. The number of hydrogen-bond donors (Lipinski definition) is 2. The molecule has 3 aliphatic rings. The quantitative estimate of drug-likeness (QED) is 0.496. The van der Waals surface area contributed by atoms with Crippen molar-refractivity contribution in [3.8, 4) is 0 Å². The highest BCUT2D eigenvalue weighted by Crippen LogP contribution is 2.34. The Morgan fingerprint density at radius 2 is 1.78 bits per heavy atom. The molecule has 3 aliphatic heterocycles. The summed E-state index contributed by atoms with van der Waals surface area (Å²) < 4.78 is 0. The molecule has 2 N–H and O–H groups in total. The highest BCUT2D eigenvalue weighted by atomic mass is 16.4. The lowest BCUT2D eigenvalue weighted by Gasteiger charge is -2.52. The molecule has 1 aromatic carbocycles. The molecule has 0 aliphatic carbocycles. The van der Waals surface area contributed by atoms with Crippen molar-refractivity contribution in [2.45, 2.75) is 56.8 Å². The fraction of sp³-hybridized carbons (Fsp3) is 0.640. The van der Waals surface area contributed by atoms with Gasteiger partial charge in [0.2, 0.25) is 0 Å². The molecule has 1 atom stereocenters. The van der Waals surface area contributed by atoms with Crippen LogP contribution in [0.15, 0.2) is 35.9 Å². The molecule has 3 heterocycles. The summed E-state index contributed by atoms with van der Waals surface area (Å²) in [5.74, 6) is 0.576. The second-order valence-electron chi connectivity index (χ2n) is 9.49. The van der Waals surface area contributed by atoms with Gasteiger partial charge in [-0.2, -0.15) is 0 Å². The number of piperidine rings is 2. The van der Waals surface area contributed by atoms with E-state index in [1.54, 1.807) is 5.94 Å². The van der Waals surface area contributed by atoms with E-state index in [1.165, 1.54) is 24.8 Å². The van der Waals surface area contributed by atoms with Crippen molar-refractivity contribution in [1.82, 2.24) is 20.0 Å². The molecule has 0 spiro atoms. The van der Waals surface area contributed by atoms with Crippen molar-refractivity contribution in [2.24, 2.45) is 0 Å². The van der Waals surface area contributed by atoms with Crippen LogP contribution in [-0.4, -0.2) is 89.2 Å². The van der Waals surface area contributed by atoms with Crippen LogP contribution in [0.25, 0.3) is 0 Å². The number of likely N-dealkylation sites (tertiary alicyclic amines) is 1. The van der Waals surface area contributed by atoms with E-state index in [-0.39, 0.29) is 17.5 Å². The van der Waals surface area contributed by atoms with Gasteiger partial charge in [-0.15, -0.1) is 0 Å². The topological polar surface area (TPSA) is 76.1 Å². The van der Waals surface area contributed by atoms with Crippen molar-refractivity contribution in [3.63, 3.8) is 0 Å². The van der Waals surface area contributed by atoms with E-state index in [0.717, 1.165) is 65.2 Å². The number of nitrogens with zero attached hydrogens (tertiary/aromatic N) is 3. The zero-order valence-electron chi connectivity index (χ0n) is 19.0. The maximum atomic E-state index is 11.5. The van der Waals surface area contributed by atoms with Gasteiger partial charge >= 0.3 is 5.97 Å². The molecule has 7 heteroatoms. The van der Waals surface area contributed by atoms with E-state index in [1.807, 2.05) is 0 Å². The highest BCUT2D eigenvalue weighted by Gasteiger charge is 2.42. The number of nitrogens with one attached hydrogen (secondary N) is 1. The average molecular weight is 441 g/mol. The van der Waals surface area contributed by atoms with Crippen LogP contribution in [0, 0.1) is 0 Å². The summed E-state index contributed by atoms with van der Waals surface area (Å²) in [6, 6.07) is 10.7. The summed E-state index contributed by atoms with van der Waals surface area (Å²) in [5.41, 5.74) is 1.00. The van der Waals surface area contributed by atoms with Crippen LogP contribution < -0.4 is 5.32 Å². The lowest BCUT2D eigenvalue weighted by Crippen LogP contribution is -2.63. The van der Waals surface area contributed by atoms with E-state index < -0.39 is 5.97 Å². The van der Waals surface area contributed by atoms with E-state index in [4.69, 9.17) is 0 Å². The number of piperazine rings is 1. The van der Waals surface area contributed by atoms with Gasteiger partial charge in [-0.3, -0.25) is 14.7 Å². The summed E-state index contributed by atoms with van der Waals surface area (Å²) in [6.45, 7) is 7.66. The molecule has 7 nitrogen and oxygen atoms in total. The maximum absolute atomic E-state index is 11.5. The lowest BCUT2D eigenvalue weighted by atomic mass is 9.80. The first-order chi connectivity index (χ1) is 15.6. The largest absolute Gasteiger partial charge is 0.477 e. The standard InChI is InChI=1S/C25H36N4O3/c30-20-22(24(31)32)18-25(9-11-26-12-10-25)29-16-14-27(15-17-29)23-8-4-5-13-28(23)19-21-6-2-1-3-7-21/h1-3,6-7,23,26H,4-5,8-19H2,(H,31,32). The molecule has 0 bridgehead atoms. The van der Waals surface area contributed by atoms with Gasteiger partial charge in [0.1, 0.15) is 11.5 Å². The molecule has 0 amide bonds. The summed E-state index contributed by atoms with van der Waals surface area (Å²) in [5, 5.41) is 12.8. The predicted molar refractivity (Wildman–Crippen MR) is 124 cm³/mol. The average Bonchev–Trinajstić information content (AvgIpc) is 2.84. The highest BCUT2D eigenvalue weighted by molar-refractivity contribution is 5.95. The SMILES string of the molecule is O=C=C(CC1(N2CCN(C3CCCCN3Cc3ccccc3)CC2)CCNCC1)C(=O)O. The van der Waals surface area contributed by atoms with Crippen molar-refractivity contribution in [1.29, 1.82) is 0 Å². The Morgan fingerprint density at radius 1 is 1.06 bits per heavy atom. The number of carboxylic acids is 1. The molecule has 3 saturated heterocycles. The molecule has 4 rings (SSSR count). The van der Waals surface area contributed by atoms with Crippen molar-refractivity contribution < 1.29 is 14.7 Å². The third-order valence-corrected chi connectivity index (χ3v) is 7.64. The fourth-order valence-electron chi connectivity index (χ4n) is 5.86. The first kappa shape index (κ1) is 23.1. The fourth-order valence-corrected chi connectivity index (χ4v) is 5.86. The Morgan fingerprint density at radius 3 is 2.44 bits per heavy atom. The Balaban J connectivity index is 1.42. The van der Waals surface area contributed by atoms with Crippen LogP contribution in [0.2, 0.25) is 0 Å². The number of aliphatic carboxylic acids is 1.